The van der Waals surface area contributed by atoms with Gasteiger partial charge in [-0.2, -0.15) is 13.2 Å². The molecule has 1 fully saturated rings. The monoisotopic (exact) mass is 409 g/mol. The van der Waals surface area contributed by atoms with E-state index in [1.54, 1.807) is 4.90 Å². The van der Waals surface area contributed by atoms with Crippen LogP contribution < -0.4 is 10.2 Å². The van der Waals surface area contributed by atoms with E-state index in [0.29, 0.717) is 31.7 Å². The van der Waals surface area contributed by atoms with Crippen molar-refractivity contribution in [2.75, 3.05) is 18.0 Å². The molecule has 156 valence electrons. The van der Waals surface area contributed by atoms with Crippen molar-refractivity contribution in [3.63, 3.8) is 0 Å². The van der Waals surface area contributed by atoms with E-state index in [2.05, 4.69) is 20.4 Å². The third kappa shape index (κ3) is 4.20. The Morgan fingerprint density at radius 1 is 1.21 bits per heavy atom. The van der Waals surface area contributed by atoms with Crippen molar-refractivity contribution in [1.82, 2.24) is 20.4 Å². The number of halogens is 3. The predicted molar refractivity (Wildman–Crippen MR) is 97.6 cm³/mol. The Kier molecular flexibility index (Phi) is 5.18. The third-order valence-electron chi connectivity index (χ3n) is 5.44. The summed E-state index contributed by atoms with van der Waals surface area (Å²) in [5.74, 6) is 0.374. The second kappa shape index (κ2) is 7.64. The summed E-state index contributed by atoms with van der Waals surface area (Å²) in [6.45, 7) is 2.43. The molecule has 0 atom stereocenters. The number of aromatic nitrogens is 3. The van der Waals surface area contributed by atoms with E-state index in [1.807, 2.05) is 0 Å². The topological polar surface area (TPSA) is 84.2 Å². The number of hydrogen-bond donors (Lipinski definition) is 1. The van der Waals surface area contributed by atoms with Gasteiger partial charge in [0.05, 0.1) is 5.69 Å². The van der Waals surface area contributed by atoms with Crippen LogP contribution in [0.2, 0.25) is 0 Å². The van der Waals surface area contributed by atoms with E-state index >= 15 is 0 Å². The van der Waals surface area contributed by atoms with Gasteiger partial charge in [0.2, 0.25) is 5.76 Å². The van der Waals surface area contributed by atoms with Crippen molar-refractivity contribution in [3.8, 4) is 0 Å². The molecule has 0 saturated carbocycles. The molecule has 0 spiro atoms. The van der Waals surface area contributed by atoms with Gasteiger partial charge >= 0.3 is 6.18 Å². The highest BCUT2D eigenvalue weighted by molar-refractivity contribution is 5.93. The first-order valence-corrected chi connectivity index (χ1v) is 9.77. The zero-order valence-corrected chi connectivity index (χ0v) is 16.1. The van der Waals surface area contributed by atoms with Crippen molar-refractivity contribution in [2.45, 2.75) is 57.7 Å². The molecule has 2 aliphatic rings. The lowest BCUT2D eigenvalue weighted by Gasteiger charge is -2.33. The van der Waals surface area contributed by atoms with Gasteiger partial charge in [-0.3, -0.25) is 4.79 Å². The maximum atomic E-state index is 13.0. The fourth-order valence-corrected chi connectivity index (χ4v) is 3.93. The van der Waals surface area contributed by atoms with Crippen LogP contribution in [0, 0.1) is 6.92 Å². The fourth-order valence-electron chi connectivity index (χ4n) is 3.93. The number of nitrogens with zero attached hydrogens (tertiary/aromatic N) is 4. The number of hydrogen-bond acceptors (Lipinski definition) is 6. The quantitative estimate of drug-likeness (QED) is 0.839. The van der Waals surface area contributed by atoms with Crippen LogP contribution in [0.15, 0.2) is 10.6 Å². The number of alkyl halides is 3. The Hall–Kier alpha value is -2.65. The number of amides is 1. The van der Waals surface area contributed by atoms with E-state index in [-0.39, 0.29) is 23.6 Å². The minimum Gasteiger partial charge on any atom is -0.356 e. The van der Waals surface area contributed by atoms with Gasteiger partial charge in [0.15, 0.2) is 0 Å². The van der Waals surface area contributed by atoms with Gasteiger partial charge in [0.25, 0.3) is 5.91 Å². The lowest BCUT2D eigenvalue weighted by Crippen LogP contribution is -2.45. The molecule has 2 aromatic rings. The standard InChI is InChI=1S/C19H22F3N5O2/c1-11-23-15(19(20,21)22)10-16(24-11)27-8-6-12(7-9-27)25-18(28)17-13-4-2-3-5-14(13)26-29-17/h10,12H,2-9H2,1H3,(H,25,28). The zero-order valence-electron chi connectivity index (χ0n) is 16.1. The van der Waals surface area contributed by atoms with E-state index in [1.165, 1.54) is 6.92 Å². The average molecular weight is 409 g/mol. The molecule has 1 N–H and O–H groups in total. The molecule has 0 bridgehead atoms. The van der Waals surface area contributed by atoms with E-state index in [9.17, 15) is 18.0 Å². The van der Waals surface area contributed by atoms with Crippen molar-refractivity contribution in [2.24, 2.45) is 0 Å². The van der Waals surface area contributed by atoms with E-state index in [4.69, 9.17) is 4.52 Å². The molecule has 1 saturated heterocycles. The summed E-state index contributed by atoms with van der Waals surface area (Å²) in [5.41, 5.74) is 0.837. The molecule has 10 heteroatoms. The van der Waals surface area contributed by atoms with Gasteiger partial charge in [-0.15, -0.1) is 0 Å². The van der Waals surface area contributed by atoms with Crippen LogP contribution in [-0.2, 0) is 19.0 Å². The first kappa shape index (κ1) is 19.7. The normalized spacial score (nSPS) is 17.9. The van der Waals surface area contributed by atoms with Gasteiger partial charge in [0.1, 0.15) is 17.3 Å². The van der Waals surface area contributed by atoms with Crippen molar-refractivity contribution >= 4 is 11.7 Å². The predicted octanol–water partition coefficient (Wildman–Crippen LogP) is 3.07. The van der Waals surface area contributed by atoms with Crippen LogP contribution in [0.4, 0.5) is 19.0 Å². The van der Waals surface area contributed by atoms with Crippen molar-refractivity contribution in [1.29, 1.82) is 0 Å². The highest BCUT2D eigenvalue weighted by Gasteiger charge is 2.34. The summed E-state index contributed by atoms with van der Waals surface area (Å²) < 4.78 is 44.3. The summed E-state index contributed by atoms with van der Waals surface area (Å²) in [7, 11) is 0. The number of rotatable bonds is 3. The number of carbonyl (C=O) groups is 1. The van der Waals surface area contributed by atoms with Crippen molar-refractivity contribution in [3.05, 3.63) is 34.6 Å². The van der Waals surface area contributed by atoms with Gasteiger partial charge in [-0.25, -0.2) is 9.97 Å². The lowest BCUT2D eigenvalue weighted by atomic mass is 9.95. The first-order chi connectivity index (χ1) is 13.8. The number of nitrogens with one attached hydrogen (secondary N) is 1. The van der Waals surface area contributed by atoms with Gasteiger partial charge < -0.3 is 14.7 Å². The third-order valence-corrected chi connectivity index (χ3v) is 5.44. The van der Waals surface area contributed by atoms with Crippen LogP contribution in [0.5, 0.6) is 0 Å². The molecule has 4 rings (SSSR count). The minimum atomic E-state index is -4.51. The summed E-state index contributed by atoms with van der Waals surface area (Å²) in [5, 5.41) is 6.99. The molecule has 1 amide bonds. The number of piperidine rings is 1. The molecule has 7 nitrogen and oxygen atoms in total. The molecular formula is C19H22F3N5O2. The molecular weight excluding hydrogens is 387 g/mol. The summed E-state index contributed by atoms with van der Waals surface area (Å²) in [6, 6.07) is 0.903. The smallest absolute Gasteiger partial charge is 0.356 e. The number of carbonyl (C=O) groups excluding carboxylic acids is 1. The Bertz CT molecular complexity index is 904. The second-order valence-electron chi connectivity index (χ2n) is 7.54. The van der Waals surface area contributed by atoms with E-state index < -0.39 is 11.9 Å². The Labute approximate surface area is 165 Å². The number of fused-ring (bicyclic) bond motifs is 1. The van der Waals surface area contributed by atoms with Gasteiger partial charge in [-0.05, 0) is 45.4 Å². The zero-order chi connectivity index (χ0) is 20.6. The highest BCUT2D eigenvalue weighted by Crippen LogP contribution is 2.30. The van der Waals surface area contributed by atoms with Crippen LogP contribution in [0.3, 0.4) is 0 Å². The summed E-state index contributed by atoms with van der Waals surface area (Å²) in [4.78, 5) is 22.0. The summed E-state index contributed by atoms with van der Waals surface area (Å²) >= 11 is 0. The summed E-state index contributed by atoms with van der Waals surface area (Å²) in [6.07, 6.45) is 0.407. The maximum absolute atomic E-state index is 13.0. The lowest BCUT2D eigenvalue weighted by molar-refractivity contribution is -0.141. The molecule has 1 aliphatic heterocycles. The van der Waals surface area contributed by atoms with Crippen LogP contribution in [0.1, 0.15) is 59.0 Å². The molecule has 1 aliphatic carbocycles. The van der Waals surface area contributed by atoms with Gasteiger partial charge in [0, 0.05) is 30.8 Å². The fraction of sp³-hybridized carbons (Fsp3) is 0.579. The number of anilines is 1. The molecule has 29 heavy (non-hydrogen) atoms. The van der Waals surface area contributed by atoms with Crippen LogP contribution in [0.25, 0.3) is 0 Å². The molecule has 0 radical (unpaired) electrons. The second-order valence-corrected chi connectivity index (χ2v) is 7.54. The Balaban J connectivity index is 1.38. The minimum absolute atomic E-state index is 0.0758. The number of aryl methyl sites for hydroxylation is 2. The van der Waals surface area contributed by atoms with Crippen molar-refractivity contribution < 1.29 is 22.5 Å². The maximum Gasteiger partial charge on any atom is 0.433 e. The van der Waals surface area contributed by atoms with E-state index in [0.717, 1.165) is 43.0 Å². The SMILES string of the molecule is Cc1nc(N2CCC(NC(=O)c3onc4c3CCCC4)CC2)cc(C(F)(F)F)n1. The Morgan fingerprint density at radius 2 is 1.93 bits per heavy atom. The molecule has 2 aromatic heterocycles. The van der Waals surface area contributed by atoms with Gasteiger partial charge in [-0.1, -0.05) is 5.16 Å². The molecule has 3 heterocycles. The Morgan fingerprint density at radius 3 is 2.66 bits per heavy atom. The van der Waals surface area contributed by atoms with Crippen LogP contribution >= 0.6 is 0 Å². The molecule has 0 unspecified atom stereocenters. The largest absolute Gasteiger partial charge is 0.433 e. The first-order valence-electron chi connectivity index (χ1n) is 9.77. The average Bonchev–Trinajstić information content (AvgIpc) is 3.12. The highest BCUT2D eigenvalue weighted by atomic mass is 19.4. The van der Waals surface area contributed by atoms with Crippen LogP contribution in [-0.4, -0.2) is 40.2 Å². The molecule has 0 aromatic carbocycles.